The lowest BCUT2D eigenvalue weighted by Gasteiger charge is -2.47. The smallest absolute Gasteiger partial charge is 0.257 e. The number of carbonyl (C=O) groups excluding carboxylic acids is 1. The number of benzene rings is 1. The Morgan fingerprint density at radius 1 is 1.38 bits per heavy atom. The predicted molar refractivity (Wildman–Crippen MR) is 86.4 cm³/mol. The van der Waals surface area contributed by atoms with Crippen molar-refractivity contribution in [2.75, 3.05) is 20.3 Å². The fourth-order valence-electron chi connectivity index (χ4n) is 3.87. The summed E-state index contributed by atoms with van der Waals surface area (Å²) >= 11 is 0. The van der Waals surface area contributed by atoms with E-state index >= 15 is 0 Å². The number of fused-ring (bicyclic) bond motifs is 1. The summed E-state index contributed by atoms with van der Waals surface area (Å²) in [4.78, 5) is 12.7. The van der Waals surface area contributed by atoms with Crippen LogP contribution in [0.3, 0.4) is 0 Å². The number of carbonyl (C=O) groups is 1. The predicted octanol–water partition coefficient (Wildman–Crippen LogP) is 2.12. The van der Waals surface area contributed by atoms with Crippen molar-refractivity contribution in [2.45, 2.75) is 18.6 Å². The number of amides is 1. The quantitative estimate of drug-likeness (QED) is 0.910. The minimum absolute atomic E-state index is 0.0727. The van der Waals surface area contributed by atoms with Crippen LogP contribution in [0.5, 0.6) is 0 Å². The van der Waals surface area contributed by atoms with E-state index in [9.17, 15) is 4.79 Å². The molecule has 126 valence electrons. The number of nitrogens with zero attached hydrogens (tertiary/aromatic N) is 1. The molecule has 2 fully saturated rings. The van der Waals surface area contributed by atoms with Gasteiger partial charge in [0.05, 0.1) is 12.7 Å². The molecule has 2 aromatic rings. The second-order valence-electron chi connectivity index (χ2n) is 6.35. The van der Waals surface area contributed by atoms with Crippen LogP contribution in [-0.2, 0) is 9.47 Å². The van der Waals surface area contributed by atoms with Crippen molar-refractivity contribution in [3.63, 3.8) is 0 Å². The van der Waals surface area contributed by atoms with Crippen molar-refractivity contribution in [3.8, 4) is 11.3 Å². The molecule has 1 N–H and O–H groups in total. The molecule has 0 spiro atoms. The topological polar surface area (TPSA) is 73.6 Å². The monoisotopic (exact) mass is 328 g/mol. The number of hydrogen-bond donors (Lipinski definition) is 1. The number of hydrogen-bond acceptors (Lipinski definition) is 5. The Hall–Kier alpha value is -2.18. The lowest BCUT2D eigenvalue weighted by Crippen LogP contribution is -2.62. The zero-order valence-corrected chi connectivity index (χ0v) is 13.5. The lowest BCUT2D eigenvalue weighted by atomic mass is 9.67. The van der Waals surface area contributed by atoms with Gasteiger partial charge in [0, 0.05) is 37.2 Å². The van der Waals surface area contributed by atoms with E-state index < -0.39 is 0 Å². The summed E-state index contributed by atoms with van der Waals surface area (Å²) in [6.07, 6.45) is 2.58. The minimum atomic E-state index is -0.161. The van der Waals surface area contributed by atoms with E-state index in [1.54, 1.807) is 7.11 Å². The van der Waals surface area contributed by atoms with Crippen LogP contribution < -0.4 is 5.32 Å². The molecule has 6 nitrogen and oxygen atoms in total. The Bertz CT molecular complexity index is 715. The van der Waals surface area contributed by atoms with Crippen LogP contribution in [0.15, 0.2) is 41.1 Å². The summed E-state index contributed by atoms with van der Waals surface area (Å²) in [6, 6.07) is 9.63. The molecule has 4 rings (SSSR count). The molecule has 1 aliphatic heterocycles. The van der Waals surface area contributed by atoms with E-state index in [-0.39, 0.29) is 24.0 Å². The molecule has 1 aromatic carbocycles. The van der Waals surface area contributed by atoms with Gasteiger partial charge >= 0.3 is 0 Å². The molecule has 1 saturated heterocycles. The fraction of sp³-hybridized carbons (Fsp3) is 0.444. The highest BCUT2D eigenvalue weighted by Gasteiger charge is 2.54. The Kier molecular flexibility index (Phi) is 4.08. The third-order valence-electron chi connectivity index (χ3n) is 5.05. The van der Waals surface area contributed by atoms with Gasteiger partial charge in [0.15, 0.2) is 0 Å². The van der Waals surface area contributed by atoms with E-state index in [0.717, 1.165) is 18.6 Å². The van der Waals surface area contributed by atoms with Crippen LogP contribution in [-0.4, -0.2) is 43.5 Å². The van der Waals surface area contributed by atoms with Gasteiger partial charge < -0.3 is 19.3 Å². The van der Waals surface area contributed by atoms with Gasteiger partial charge in [-0.2, -0.15) is 0 Å². The van der Waals surface area contributed by atoms with Crippen LogP contribution >= 0.6 is 0 Å². The molecule has 2 aliphatic rings. The van der Waals surface area contributed by atoms with E-state index in [1.165, 1.54) is 6.26 Å². The number of rotatable bonds is 5. The molecule has 6 heteroatoms. The molecular formula is C18H20N2O4. The average molecular weight is 328 g/mol. The number of nitrogens with one attached hydrogen (secondary N) is 1. The molecule has 2 heterocycles. The number of aromatic nitrogens is 1. The summed E-state index contributed by atoms with van der Waals surface area (Å²) in [7, 11) is 1.68. The molecular weight excluding hydrogens is 308 g/mol. The van der Waals surface area contributed by atoms with Crippen LogP contribution in [0, 0.1) is 11.8 Å². The highest BCUT2D eigenvalue weighted by Crippen LogP contribution is 2.44. The van der Waals surface area contributed by atoms with Crippen molar-refractivity contribution in [2.24, 2.45) is 11.8 Å². The molecule has 0 unspecified atom stereocenters. The molecule has 0 radical (unpaired) electrons. The zero-order valence-electron chi connectivity index (χ0n) is 13.5. The summed E-state index contributed by atoms with van der Waals surface area (Å²) in [5.41, 5.74) is 1.88. The van der Waals surface area contributed by atoms with Crippen molar-refractivity contribution >= 4 is 5.91 Å². The first kappa shape index (κ1) is 15.4. The normalized spacial score (nSPS) is 28.2. The summed E-state index contributed by atoms with van der Waals surface area (Å²) in [5.74, 6) is 0.409. The lowest BCUT2D eigenvalue weighted by molar-refractivity contribution is -0.0809. The maximum atomic E-state index is 12.7. The van der Waals surface area contributed by atoms with Crippen LogP contribution in [0.2, 0.25) is 0 Å². The Morgan fingerprint density at radius 2 is 2.21 bits per heavy atom. The van der Waals surface area contributed by atoms with Crippen LogP contribution in [0.25, 0.3) is 11.3 Å². The fourth-order valence-corrected chi connectivity index (χ4v) is 3.87. The van der Waals surface area contributed by atoms with Gasteiger partial charge in [0.2, 0.25) is 0 Å². The van der Waals surface area contributed by atoms with Gasteiger partial charge in [-0.1, -0.05) is 35.5 Å². The largest absolute Gasteiger partial charge is 0.384 e. The second-order valence-corrected chi connectivity index (χ2v) is 6.35. The number of methoxy groups -OCH3 is 1. The van der Waals surface area contributed by atoms with Crippen molar-refractivity contribution < 1.29 is 18.8 Å². The molecule has 0 bridgehead atoms. The summed E-state index contributed by atoms with van der Waals surface area (Å²) in [5, 5.41) is 7.13. The Morgan fingerprint density at radius 3 is 3.00 bits per heavy atom. The van der Waals surface area contributed by atoms with Crippen molar-refractivity contribution in [1.29, 1.82) is 0 Å². The highest BCUT2D eigenvalue weighted by atomic mass is 16.5. The average Bonchev–Trinajstić information content (AvgIpc) is 3.26. The first-order valence-corrected chi connectivity index (χ1v) is 8.21. The first-order valence-electron chi connectivity index (χ1n) is 8.21. The maximum Gasteiger partial charge on any atom is 0.257 e. The molecule has 4 atom stereocenters. The number of ether oxygens (including phenoxy) is 2. The van der Waals surface area contributed by atoms with Gasteiger partial charge in [0.1, 0.15) is 17.5 Å². The zero-order chi connectivity index (χ0) is 16.5. The van der Waals surface area contributed by atoms with Gasteiger partial charge in [-0.3, -0.25) is 4.79 Å². The van der Waals surface area contributed by atoms with Crippen molar-refractivity contribution in [1.82, 2.24) is 10.5 Å². The van der Waals surface area contributed by atoms with Gasteiger partial charge in [-0.15, -0.1) is 0 Å². The third-order valence-corrected chi connectivity index (χ3v) is 5.05. The standard InChI is InChI=1S/C18H20N2O4/c1-22-9-13-16(12-7-8-23-17(12)13)19-18(21)14-10-24-20-15(14)11-5-3-2-4-6-11/h2-6,10,12-13,16-17H,7-9H2,1H3,(H,19,21)/t12-,13+,16+,17-/m0/s1. The first-order chi connectivity index (χ1) is 11.8. The van der Waals surface area contributed by atoms with E-state index in [1.807, 2.05) is 30.3 Å². The third kappa shape index (κ3) is 2.52. The molecule has 1 aliphatic carbocycles. The van der Waals surface area contributed by atoms with Gasteiger partial charge in [0.25, 0.3) is 5.91 Å². The van der Waals surface area contributed by atoms with Crippen molar-refractivity contribution in [3.05, 3.63) is 42.2 Å². The Balaban J connectivity index is 1.52. The van der Waals surface area contributed by atoms with Gasteiger partial charge in [-0.05, 0) is 6.42 Å². The maximum absolute atomic E-state index is 12.7. The highest BCUT2D eigenvalue weighted by molar-refractivity contribution is 5.99. The summed E-state index contributed by atoms with van der Waals surface area (Å²) < 4.78 is 16.1. The SMILES string of the molecule is COC[C@@H]1[C@H](NC(=O)c2conc2-c2ccccc2)[C@@H]2CCO[C@H]12. The minimum Gasteiger partial charge on any atom is -0.384 e. The van der Waals surface area contributed by atoms with Crippen LogP contribution in [0.4, 0.5) is 0 Å². The Labute approximate surface area is 140 Å². The van der Waals surface area contributed by atoms with E-state index in [4.69, 9.17) is 14.0 Å². The summed E-state index contributed by atoms with van der Waals surface area (Å²) in [6.45, 7) is 1.34. The second kappa shape index (κ2) is 6.37. The molecule has 24 heavy (non-hydrogen) atoms. The van der Waals surface area contributed by atoms with E-state index in [2.05, 4.69) is 10.5 Å². The van der Waals surface area contributed by atoms with Crippen LogP contribution in [0.1, 0.15) is 16.8 Å². The molecule has 1 amide bonds. The molecule has 1 aromatic heterocycles. The van der Waals surface area contributed by atoms with Gasteiger partial charge in [-0.25, -0.2) is 0 Å². The van der Waals surface area contributed by atoms with E-state index in [0.29, 0.717) is 23.8 Å². The molecule has 1 saturated carbocycles.